The van der Waals surface area contributed by atoms with Gasteiger partial charge in [0.2, 0.25) is 0 Å². The lowest BCUT2D eigenvalue weighted by Gasteiger charge is -2.00. The maximum absolute atomic E-state index is 5.80. The molecule has 0 atom stereocenters. The molecule has 66 valence electrons. The SMILES string of the molecule is Nc1cc(-c2cscn2)ccc1Cl. The van der Waals surface area contributed by atoms with Gasteiger partial charge in [0.05, 0.1) is 21.9 Å². The van der Waals surface area contributed by atoms with E-state index in [0.717, 1.165) is 11.3 Å². The fourth-order valence-electron chi connectivity index (χ4n) is 1.06. The molecule has 2 aromatic rings. The smallest absolute Gasteiger partial charge is 0.0811 e. The third-order valence-electron chi connectivity index (χ3n) is 1.72. The standard InChI is InChI=1S/C9H7ClN2S/c10-7-2-1-6(3-8(7)11)9-4-13-5-12-9/h1-5H,11H2. The van der Waals surface area contributed by atoms with Crippen LogP contribution in [0.25, 0.3) is 11.3 Å². The highest BCUT2D eigenvalue weighted by Gasteiger charge is 2.01. The van der Waals surface area contributed by atoms with Crippen LogP contribution in [-0.4, -0.2) is 4.98 Å². The highest BCUT2D eigenvalue weighted by atomic mass is 35.5. The molecule has 1 aromatic heterocycles. The minimum Gasteiger partial charge on any atom is -0.398 e. The summed E-state index contributed by atoms with van der Waals surface area (Å²) in [6.45, 7) is 0. The average Bonchev–Trinajstić information content (AvgIpc) is 2.62. The Labute approximate surface area is 85.0 Å². The molecule has 2 N–H and O–H groups in total. The summed E-state index contributed by atoms with van der Waals surface area (Å²) in [6, 6.07) is 5.52. The molecule has 0 amide bonds. The van der Waals surface area contributed by atoms with Crippen molar-refractivity contribution < 1.29 is 0 Å². The molecule has 0 saturated heterocycles. The number of benzene rings is 1. The van der Waals surface area contributed by atoms with E-state index in [1.54, 1.807) is 22.9 Å². The van der Waals surface area contributed by atoms with Crippen LogP contribution in [0.5, 0.6) is 0 Å². The summed E-state index contributed by atoms with van der Waals surface area (Å²) >= 11 is 7.36. The first-order chi connectivity index (χ1) is 6.27. The largest absolute Gasteiger partial charge is 0.398 e. The first-order valence-electron chi connectivity index (χ1n) is 3.71. The molecule has 0 unspecified atom stereocenters. The van der Waals surface area contributed by atoms with Crippen molar-refractivity contribution in [1.82, 2.24) is 4.98 Å². The lowest BCUT2D eigenvalue weighted by Crippen LogP contribution is -1.87. The minimum absolute atomic E-state index is 0.582. The number of nitrogen functional groups attached to an aromatic ring is 1. The van der Waals surface area contributed by atoms with Crippen molar-refractivity contribution in [3.05, 3.63) is 34.1 Å². The predicted octanol–water partition coefficient (Wildman–Crippen LogP) is 3.05. The Morgan fingerprint density at radius 2 is 2.23 bits per heavy atom. The van der Waals surface area contributed by atoms with E-state index in [-0.39, 0.29) is 0 Å². The Kier molecular flexibility index (Phi) is 2.20. The molecule has 0 aliphatic rings. The number of thiazole rings is 1. The number of nitrogens with zero attached hydrogens (tertiary/aromatic N) is 1. The van der Waals surface area contributed by atoms with E-state index in [4.69, 9.17) is 17.3 Å². The van der Waals surface area contributed by atoms with Gasteiger partial charge in [-0.05, 0) is 12.1 Å². The molecule has 0 spiro atoms. The normalized spacial score (nSPS) is 10.2. The Morgan fingerprint density at radius 1 is 1.38 bits per heavy atom. The number of nitrogens with two attached hydrogens (primary N) is 1. The monoisotopic (exact) mass is 210 g/mol. The predicted molar refractivity (Wildman–Crippen MR) is 57.0 cm³/mol. The van der Waals surface area contributed by atoms with Gasteiger partial charge < -0.3 is 5.73 Å². The van der Waals surface area contributed by atoms with Crippen LogP contribution in [0.2, 0.25) is 5.02 Å². The van der Waals surface area contributed by atoms with Crippen LogP contribution >= 0.6 is 22.9 Å². The third kappa shape index (κ3) is 1.66. The zero-order valence-corrected chi connectivity index (χ0v) is 8.27. The summed E-state index contributed by atoms with van der Waals surface area (Å²) in [4.78, 5) is 4.18. The maximum atomic E-state index is 5.80. The van der Waals surface area contributed by atoms with E-state index in [1.807, 2.05) is 17.5 Å². The Morgan fingerprint density at radius 3 is 2.85 bits per heavy atom. The zero-order valence-electron chi connectivity index (χ0n) is 6.70. The van der Waals surface area contributed by atoms with Crippen LogP contribution in [0.15, 0.2) is 29.1 Å². The molecule has 13 heavy (non-hydrogen) atoms. The van der Waals surface area contributed by atoms with Crippen LogP contribution in [0.1, 0.15) is 0 Å². The van der Waals surface area contributed by atoms with Crippen molar-refractivity contribution in [1.29, 1.82) is 0 Å². The summed E-state index contributed by atoms with van der Waals surface area (Å²) in [5.41, 5.74) is 9.99. The number of hydrogen-bond donors (Lipinski definition) is 1. The van der Waals surface area contributed by atoms with Crippen molar-refractivity contribution in [3.63, 3.8) is 0 Å². The topological polar surface area (TPSA) is 38.9 Å². The van der Waals surface area contributed by atoms with Gasteiger partial charge in [0.15, 0.2) is 0 Å². The van der Waals surface area contributed by atoms with Crippen LogP contribution in [0.3, 0.4) is 0 Å². The number of aromatic nitrogens is 1. The van der Waals surface area contributed by atoms with E-state index in [0.29, 0.717) is 10.7 Å². The molecular weight excluding hydrogens is 204 g/mol. The Hall–Kier alpha value is -1.06. The number of halogens is 1. The first-order valence-corrected chi connectivity index (χ1v) is 5.03. The molecule has 0 saturated carbocycles. The van der Waals surface area contributed by atoms with Gasteiger partial charge in [-0.25, -0.2) is 4.98 Å². The van der Waals surface area contributed by atoms with Crippen LogP contribution in [0.4, 0.5) is 5.69 Å². The van der Waals surface area contributed by atoms with Gasteiger partial charge in [-0.2, -0.15) is 0 Å². The quantitative estimate of drug-likeness (QED) is 0.735. The molecule has 2 rings (SSSR count). The lowest BCUT2D eigenvalue weighted by atomic mass is 10.1. The van der Waals surface area contributed by atoms with Gasteiger partial charge in [-0.1, -0.05) is 17.7 Å². The summed E-state index contributed by atoms with van der Waals surface area (Å²) in [5, 5.41) is 2.56. The Balaban J connectivity index is 2.49. The van der Waals surface area contributed by atoms with E-state index in [1.165, 1.54) is 0 Å². The van der Waals surface area contributed by atoms with E-state index in [9.17, 15) is 0 Å². The van der Waals surface area contributed by atoms with Gasteiger partial charge >= 0.3 is 0 Å². The minimum atomic E-state index is 0.582. The third-order valence-corrected chi connectivity index (χ3v) is 2.65. The Bertz CT molecular complexity index is 412. The molecular formula is C9H7ClN2S. The average molecular weight is 211 g/mol. The number of anilines is 1. The van der Waals surface area contributed by atoms with Crippen molar-refractivity contribution in [2.45, 2.75) is 0 Å². The maximum Gasteiger partial charge on any atom is 0.0811 e. The molecule has 2 nitrogen and oxygen atoms in total. The van der Waals surface area contributed by atoms with E-state index >= 15 is 0 Å². The molecule has 0 bridgehead atoms. The fraction of sp³-hybridized carbons (Fsp3) is 0. The lowest BCUT2D eigenvalue weighted by molar-refractivity contribution is 1.41. The molecule has 4 heteroatoms. The molecule has 0 fully saturated rings. The molecule has 0 aliphatic heterocycles. The number of rotatable bonds is 1. The first kappa shape index (κ1) is 8.53. The summed E-state index contributed by atoms with van der Waals surface area (Å²) in [7, 11) is 0. The summed E-state index contributed by atoms with van der Waals surface area (Å²) in [6.07, 6.45) is 0. The van der Waals surface area contributed by atoms with Crippen molar-refractivity contribution >= 4 is 28.6 Å². The van der Waals surface area contributed by atoms with Crippen LogP contribution in [0, 0.1) is 0 Å². The van der Waals surface area contributed by atoms with Gasteiger partial charge in [0, 0.05) is 10.9 Å². The summed E-state index contributed by atoms with van der Waals surface area (Å²) in [5.74, 6) is 0. The van der Waals surface area contributed by atoms with E-state index in [2.05, 4.69) is 4.98 Å². The molecule has 1 heterocycles. The fourth-order valence-corrected chi connectivity index (χ4v) is 1.74. The molecule has 1 aromatic carbocycles. The van der Waals surface area contributed by atoms with Gasteiger partial charge in [0.25, 0.3) is 0 Å². The zero-order chi connectivity index (χ0) is 9.26. The highest BCUT2D eigenvalue weighted by Crippen LogP contribution is 2.26. The molecule has 0 radical (unpaired) electrons. The van der Waals surface area contributed by atoms with Gasteiger partial charge in [-0.15, -0.1) is 11.3 Å². The second kappa shape index (κ2) is 3.36. The van der Waals surface area contributed by atoms with Crippen LogP contribution < -0.4 is 5.73 Å². The van der Waals surface area contributed by atoms with Crippen molar-refractivity contribution in [3.8, 4) is 11.3 Å². The molecule has 0 aliphatic carbocycles. The number of hydrogen-bond acceptors (Lipinski definition) is 3. The van der Waals surface area contributed by atoms with Crippen molar-refractivity contribution in [2.75, 3.05) is 5.73 Å². The van der Waals surface area contributed by atoms with Crippen LogP contribution in [-0.2, 0) is 0 Å². The van der Waals surface area contributed by atoms with Gasteiger partial charge in [0.1, 0.15) is 0 Å². The second-order valence-electron chi connectivity index (χ2n) is 2.61. The van der Waals surface area contributed by atoms with E-state index < -0.39 is 0 Å². The summed E-state index contributed by atoms with van der Waals surface area (Å²) < 4.78 is 0. The second-order valence-corrected chi connectivity index (χ2v) is 3.74. The highest BCUT2D eigenvalue weighted by molar-refractivity contribution is 7.07. The van der Waals surface area contributed by atoms with Crippen molar-refractivity contribution in [2.24, 2.45) is 0 Å². The van der Waals surface area contributed by atoms with Gasteiger partial charge in [-0.3, -0.25) is 0 Å².